The highest BCUT2D eigenvalue weighted by Crippen LogP contribution is 2.30. The van der Waals surface area contributed by atoms with Crippen molar-refractivity contribution in [2.24, 2.45) is 0 Å². The van der Waals surface area contributed by atoms with Crippen LogP contribution >= 0.6 is 0 Å². The lowest BCUT2D eigenvalue weighted by atomic mass is 10.0. The van der Waals surface area contributed by atoms with Gasteiger partial charge in [-0.25, -0.2) is 9.59 Å². The maximum atomic E-state index is 12.5. The van der Waals surface area contributed by atoms with Gasteiger partial charge in [-0.3, -0.25) is 0 Å². The summed E-state index contributed by atoms with van der Waals surface area (Å²) < 4.78 is 16.5. The molecule has 0 radical (unpaired) electrons. The van der Waals surface area contributed by atoms with E-state index >= 15 is 0 Å². The molecule has 7 nitrogen and oxygen atoms in total. The van der Waals surface area contributed by atoms with Gasteiger partial charge in [-0.15, -0.1) is 0 Å². The molecule has 0 unspecified atom stereocenters. The lowest BCUT2D eigenvalue weighted by Crippen LogP contribution is -2.52. The van der Waals surface area contributed by atoms with Gasteiger partial charge in [-0.05, 0) is 31.5 Å². The molecule has 0 aliphatic carbocycles. The smallest absolute Gasteiger partial charge is 0.338 e. The van der Waals surface area contributed by atoms with Crippen LogP contribution in [0.5, 0.6) is 0 Å². The van der Waals surface area contributed by atoms with Crippen LogP contribution in [0.15, 0.2) is 24.3 Å². The van der Waals surface area contributed by atoms with Gasteiger partial charge in [0.05, 0.1) is 25.4 Å². The third-order valence-corrected chi connectivity index (χ3v) is 4.46. The Morgan fingerprint density at radius 2 is 1.96 bits per heavy atom. The molecule has 0 atom stereocenters. The van der Waals surface area contributed by atoms with Gasteiger partial charge >= 0.3 is 12.0 Å². The van der Waals surface area contributed by atoms with E-state index in [1.165, 1.54) is 0 Å². The quantitative estimate of drug-likeness (QED) is 0.850. The van der Waals surface area contributed by atoms with Crippen LogP contribution in [-0.4, -0.2) is 55.6 Å². The molecule has 1 N–H and O–H groups in total. The molecule has 0 aromatic heterocycles. The fourth-order valence-corrected chi connectivity index (χ4v) is 3.10. The van der Waals surface area contributed by atoms with Crippen molar-refractivity contribution in [3.05, 3.63) is 29.8 Å². The Morgan fingerprint density at radius 3 is 2.64 bits per heavy atom. The van der Waals surface area contributed by atoms with Crippen molar-refractivity contribution in [3.8, 4) is 0 Å². The Kier molecular flexibility index (Phi) is 5.55. The van der Waals surface area contributed by atoms with Gasteiger partial charge in [0, 0.05) is 31.6 Å². The number of hydrogen-bond acceptors (Lipinski definition) is 5. The number of ether oxygens (including phenoxy) is 3. The van der Waals surface area contributed by atoms with Crippen molar-refractivity contribution in [2.45, 2.75) is 32.0 Å². The average molecular weight is 348 g/mol. The van der Waals surface area contributed by atoms with E-state index in [4.69, 9.17) is 14.2 Å². The summed E-state index contributed by atoms with van der Waals surface area (Å²) in [6.45, 7) is 4.65. The SMILES string of the molecule is CCOC(=O)c1cccc(NC(=O)N2CCC3(CC2)OCCCO3)c1. The van der Waals surface area contributed by atoms with Crippen LogP contribution in [0.1, 0.15) is 36.5 Å². The van der Waals surface area contributed by atoms with Crippen molar-refractivity contribution in [2.75, 3.05) is 38.2 Å². The number of esters is 1. The van der Waals surface area contributed by atoms with Gasteiger partial charge in [0.1, 0.15) is 0 Å². The number of piperidine rings is 1. The summed E-state index contributed by atoms with van der Waals surface area (Å²) in [5.74, 6) is -0.913. The fourth-order valence-electron chi connectivity index (χ4n) is 3.10. The lowest BCUT2D eigenvalue weighted by Gasteiger charge is -2.43. The maximum absolute atomic E-state index is 12.5. The normalized spacial score (nSPS) is 19.5. The number of hydrogen-bond donors (Lipinski definition) is 1. The van der Waals surface area contributed by atoms with Gasteiger partial charge < -0.3 is 24.4 Å². The number of nitrogens with zero attached hydrogens (tertiary/aromatic N) is 1. The Bertz CT molecular complexity index is 618. The molecule has 0 bridgehead atoms. The van der Waals surface area contributed by atoms with Crippen LogP contribution in [0.25, 0.3) is 0 Å². The van der Waals surface area contributed by atoms with Crippen LogP contribution in [-0.2, 0) is 14.2 Å². The standard InChI is InChI=1S/C18H24N2O5/c1-2-23-16(21)14-5-3-6-15(13-14)19-17(22)20-9-7-18(8-10-20)24-11-4-12-25-18/h3,5-6,13H,2,4,7-12H2,1H3,(H,19,22). The Hall–Kier alpha value is -2.12. The zero-order chi connectivity index (χ0) is 17.7. The van der Waals surface area contributed by atoms with E-state index in [2.05, 4.69) is 5.32 Å². The molecule has 0 saturated carbocycles. The zero-order valence-electron chi connectivity index (χ0n) is 14.5. The lowest BCUT2D eigenvalue weighted by molar-refractivity contribution is -0.281. The van der Waals surface area contributed by atoms with Crippen LogP contribution in [0, 0.1) is 0 Å². The van der Waals surface area contributed by atoms with E-state index in [9.17, 15) is 9.59 Å². The molecule has 7 heteroatoms. The first-order valence-corrected chi connectivity index (χ1v) is 8.73. The molecule has 2 fully saturated rings. The van der Waals surface area contributed by atoms with Gasteiger partial charge in [0.25, 0.3) is 0 Å². The predicted molar refractivity (Wildman–Crippen MR) is 91.5 cm³/mol. The number of anilines is 1. The van der Waals surface area contributed by atoms with Gasteiger partial charge in [0.2, 0.25) is 0 Å². The highest BCUT2D eigenvalue weighted by Gasteiger charge is 2.39. The predicted octanol–water partition coefficient (Wildman–Crippen LogP) is 2.62. The van der Waals surface area contributed by atoms with Crippen molar-refractivity contribution in [1.82, 2.24) is 4.90 Å². The van der Waals surface area contributed by atoms with Gasteiger partial charge in [-0.2, -0.15) is 0 Å². The van der Waals surface area contributed by atoms with Gasteiger partial charge in [0.15, 0.2) is 5.79 Å². The molecule has 136 valence electrons. The molecule has 2 aliphatic rings. The summed E-state index contributed by atoms with van der Waals surface area (Å²) in [5, 5.41) is 2.84. The minimum Gasteiger partial charge on any atom is -0.462 e. The van der Waals surface area contributed by atoms with Crippen molar-refractivity contribution in [1.29, 1.82) is 0 Å². The van der Waals surface area contributed by atoms with E-state index in [1.807, 2.05) is 0 Å². The van der Waals surface area contributed by atoms with Crippen molar-refractivity contribution >= 4 is 17.7 Å². The molecule has 1 aromatic carbocycles. The summed E-state index contributed by atoms with van der Waals surface area (Å²) in [4.78, 5) is 26.0. The molecule has 25 heavy (non-hydrogen) atoms. The Morgan fingerprint density at radius 1 is 1.24 bits per heavy atom. The first-order valence-electron chi connectivity index (χ1n) is 8.73. The number of benzene rings is 1. The summed E-state index contributed by atoms with van der Waals surface area (Å²) in [6, 6.07) is 6.56. The van der Waals surface area contributed by atoms with Crippen LogP contribution in [0.3, 0.4) is 0 Å². The van der Waals surface area contributed by atoms with E-state index in [0.29, 0.717) is 57.0 Å². The van der Waals surface area contributed by atoms with Crippen LogP contribution in [0.2, 0.25) is 0 Å². The third kappa shape index (κ3) is 4.29. The van der Waals surface area contributed by atoms with Crippen molar-refractivity contribution in [3.63, 3.8) is 0 Å². The van der Waals surface area contributed by atoms with Gasteiger partial charge in [-0.1, -0.05) is 6.07 Å². The summed E-state index contributed by atoms with van der Waals surface area (Å²) in [5.41, 5.74) is 0.988. The number of carbonyl (C=O) groups is 2. The van der Waals surface area contributed by atoms with E-state index in [-0.39, 0.29) is 6.03 Å². The highest BCUT2D eigenvalue weighted by molar-refractivity contribution is 5.94. The molecule has 2 aliphatic heterocycles. The monoisotopic (exact) mass is 348 g/mol. The second-order valence-corrected chi connectivity index (χ2v) is 6.18. The summed E-state index contributed by atoms with van der Waals surface area (Å²) in [7, 11) is 0. The number of urea groups is 1. The largest absolute Gasteiger partial charge is 0.462 e. The minimum atomic E-state index is -0.515. The molecule has 1 spiro atoms. The van der Waals surface area contributed by atoms with E-state index in [1.54, 1.807) is 36.1 Å². The van der Waals surface area contributed by atoms with E-state index in [0.717, 1.165) is 6.42 Å². The molecule has 3 rings (SSSR count). The highest BCUT2D eigenvalue weighted by atomic mass is 16.7. The Balaban J connectivity index is 1.56. The number of amides is 2. The van der Waals surface area contributed by atoms with Crippen molar-refractivity contribution < 1.29 is 23.8 Å². The average Bonchev–Trinajstić information content (AvgIpc) is 2.63. The molecule has 2 saturated heterocycles. The zero-order valence-corrected chi connectivity index (χ0v) is 14.5. The van der Waals surface area contributed by atoms with Crippen LogP contribution < -0.4 is 5.32 Å². The van der Waals surface area contributed by atoms with E-state index < -0.39 is 11.8 Å². The number of rotatable bonds is 3. The summed E-state index contributed by atoms with van der Waals surface area (Å²) >= 11 is 0. The molecular formula is C18H24N2O5. The number of nitrogens with one attached hydrogen (secondary N) is 1. The fraction of sp³-hybridized carbons (Fsp3) is 0.556. The number of likely N-dealkylation sites (tertiary alicyclic amines) is 1. The first kappa shape index (κ1) is 17.7. The molecule has 1 aromatic rings. The maximum Gasteiger partial charge on any atom is 0.338 e. The third-order valence-electron chi connectivity index (χ3n) is 4.46. The summed E-state index contributed by atoms with van der Waals surface area (Å²) in [6.07, 6.45) is 2.26. The van der Waals surface area contributed by atoms with Crippen LogP contribution in [0.4, 0.5) is 10.5 Å². The second-order valence-electron chi connectivity index (χ2n) is 6.18. The Labute approximate surface area is 147 Å². The minimum absolute atomic E-state index is 0.188. The molecule has 2 heterocycles. The number of carbonyl (C=O) groups excluding carboxylic acids is 2. The first-order chi connectivity index (χ1) is 12.1. The topological polar surface area (TPSA) is 77.1 Å². The molecular weight excluding hydrogens is 324 g/mol. The molecule has 2 amide bonds. The second kappa shape index (κ2) is 7.84.